The zero-order chi connectivity index (χ0) is 13.0. The Morgan fingerprint density at radius 3 is 2.83 bits per heavy atom. The fraction of sp³-hybridized carbons (Fsp3) is 0.267. The van der Waals surface area contributed by atoms with Gasteiger partial charge in [0.25, 0.3) is 0 Å². The van der Waals surface area contributed by atoms with E-state index in [1.165, 1.54) is 5.56 Å². The van der Waals surface area contributed by atoms with Crippen LogP contribution >= 0.6 is 0 Å². The molecule has 1 unspecified atom stereocenters. The second-order valence-electron chi connectivity index (χ2n) is 4.42. The molecule has 0 amide bonds. The molecule has 3 nitrogen and oxygen atoms in total. The molecule has 2 rings (SSSR count). The number of benzene rings is 1. The molecule has 0 spiro atoms. The number of hydrogen-bond acceptors (Lipinski definition) is 3. The van der Waals surface area contributed by atoms with E-state index >= 15 is 0 Å². The molecule has 3 heteroatoms. The highest BCUT2D eigenvalue weighted by Gasteiger charge is 2.12. The summed E-state index contributed by atoms with van der Waals surface area (Å²) in [5.74, 6) is 0.853. The van der Waals surface area contributed by atoms with Gasteiger partial charge in [-0.2, -0.15) is 0 Å². The number of hydrogen-bond donors (Lipinski definition) is 1. The number of nitrogens with two attached hydrogens (primary N) is 1. The molecule has 1 atom stereocenters. The lowest BCUT2D eigenvalue weighted by atomic mass is 9.99. The van der Waals surface area contributed by atoms with E-state index in [0.717, 1.165) is 23.3 Å². The van der Waals surface area contributed by atoms with Crippen molar-refractivity contribution in [3.05, 3.63) is 59.4 Å². The Morgan fingerprint density at radius 1 is 1.33 bits per heavy atom. The third-order valence-electron chi connectivity index (χ3n) is 2.97. The predicted molar refractivity (Wildman–Crippen MR) is 72.6 cm³/mol. The molecule has 0 saturated carbocycles. The Hall–Kier alpha value is -1.87. The van der Waals surface area contributed by atoms with Crippen LogP contribution in [0.15, 0.2) is 42.7 Å². The van der Waals surface area contributed by atoms with Gasteiger partial charge in [-0.25, -0.2) is 0 Å². The molecule has 0 radical (unpaired) electrons. The first-order valence-corrected chi connectivity index (χ1v) is 5.99. The van der Waals surface area contributed by atoms with E-state index in [9.17, 15) is 0 Å². The lowest BCUT2D eigenvalue weighted by Gasteiger charge is -2.16. The SMILES string of the molecule is COc1cc(C)ccc1C(N)Cc1cccnc1. The number of ether oxygens (including phenoxy) is 1. The van der Waals surface area contributed by atoms with Crippen LogP contribution in [0.25, 0.3) is 0 Å². The normalized spacial score (nSPS) is 12.2. The summed E-state index contributed by atoms with van der Waals surface area (Å²) in [5.41, 5.74) is 9.58. The Bertz CT molecular complexity index is 511. The zero-order valence-electron chi connectivity index (χ0n) is 10.8. The van der Waals surface area contributed by atoms with Gasteiger partial charge in [-0.1, -0.05) is 18.2 Å². The molecule has 0 aliphatic rings. The van der Waals surface area contributed by atoms with Crippen LogP contribution in [0.1, 0.15) is 22.7 Å². The zero-order valence-corrected chi connectivity index (χ0v) is 10.8. The van der Waals surface area contributed by atoms with E-state index < -0.39 is 0 Å². The van der Waals surface area contributed by atoms with Crippen LogP contribution in [0, 0.1) is 6.92 Å². The molecule has 18 heavy (non-hydrogen) atoms. The summed E-state index contributed by atoms with van der Waals surface area (Å²) in [6.45, 7) is 2.04. The van der Waals surface area contributed by atoms with Gasteiger partial charge in [-0.3, -0.25) is 4.98 Å². The Kier molecular flexibility index (Phi) is 3.95. The van der Waals surface area contributed by atoms with Crippen LogP contribution in [-0.4, -0.2) is 12.1 Å². The van der Waals surface area contributed by atoms with E-state index in [1.54, 1.807) is 13.3 Å². The van der Waals surface area contributed by atoms with Crippen LogP contribution in [0.2, 0.25) is 0 Å². The van der Waals surface area contributed by atoms with E-state index in [1.807, 2.05) is 37.4 Å². The van der Waals surface area contributed by atoms with E-state index in [2.05, 4.69) is 11.1 Å². The van der Waals surface area contributed by atoms with Gasteiger partial charge in [0.05, 0.1) is 7.11 Å². The van der Waals surface area contributed by atoms with E-state index in [-0.39, 0.29) is 6.04 Å². The van der Waals surface area contributed by atoms with Crippen LogP contribution in [0.3, 0.4) is 0 Å². The third-order valence-corrected chi connectivity index (χ3v) is 2.97. The third kappa shape index (κ3) is 2.87. The summed E-state index contributed by atoms with van der Waals surface area (Å²) in [5, 5.41) is 0. The van der Waals surface area contributed by atoms with Crippen molar-refractivity contribution in [2.75, 3.05) is 7.11 Å². The van der Waals surface area contributed by atoms with Crippen molar-refractivity contribution >= 4 is 0 Å². The molecule has 2 aromatic rings. The maximum Gasteiger partial charge on any atom is 0.123 e. The average Bonchev–Trinajstić information content (AvgIpc) is 2.39. The minimum absolute atomic E-state index is 0.0789. The second kappa shape index (κ2) is 5.65. The highest BCUT2D eigenvalue weighted by molar-refractivity contribution is 5.39. The Balaban J connectivity index is 2.21. The van der Waals surface area contributed by atoms with Crippen molar-refractivity contribution in [1.29, 1.82) is 0 Å². The molecule has 0 fully saturated rings. The fourth-order valence-corrected chi connectivity index (χ4v) is 2.01. The van der Waals surface area contributed by atoms with Crippen molar-refractivity contribution in [1.82, 2.24) is 4.98 Å². The monoisotopic (exact) mass is 242 g/mol. The topological polar surface area (TPSA) is 48.1 Å². The van der Waals surface area contributed by atoms with E-state index in [0.29, 0.717) is 0 Å². The predicted octanol–water partition coefficient (Wildman–Crippen LogP) is 2.64. The summed E-state index contributed by atoms with van der Waals surface area (Å²) in [6.07, 6.45) is 4.37. The van der Waals surface area contributed by atoms with Gasteiger partial charge in [-0.15, -0.1) is 0 Å². The maximum atomic E-state index is 6.25. The highest BCUT2D eigenvalue weighted by Crippen LogP contribution is 2.26. The molecular weight excluding hydrogens is 224 g/mol. The standard InChI is InChI=1S/C15H18N2O/c1-11-5-6-13(15(8-11)18-2)14(16)9-12-4-3-7-17-10-12/h3-8,10,14H,9,16H2,1-2H3. The minimum atomic E-state index is -0.0789. The number of nitrogens with zero attached hydrogens (tertiary/aromatic N) is 1. The van der Waals surface area contributed by atoms with Crippen LogP contribution in [-0.2, 0) is 6.42 Å². The van der Waals surface area contributed by atoms with Crippen molar-refractivity contribution in [3.8, 4) is 5.75 Å². The lowest BCUT2D eigenvalue weighted by Crippen LogP contribution is -2.14. The number of aryl methyl sites for hydroxylation is 1. The number of aromatic nitrogens is 1. The van der Waals surface area contributed by atoms with Gasteiger partial charge in [0, 0.05) is 24.0 Å². The summed E-state index contributed by atoms with van der Waals surface area (Å²) in [6, 6.07) is 9.99. The van der Waals surface area contributed by atoms with Gasteiger partial charge < -0.3 is 10.5 Å². The van der Waals surface area contributed by atoms with Crippen molar-refractivity contribution < 1.29 is 4.74 Å². The van der Waals surface area contributed by atoms with Crippen LogP contribution in [0.5, 0.6) is 5.75 Å². The second-order valence-corrected chi connectivity index (χ2v) is 4.42. The van der Waals surface area contributed by atoms with Gasteiger partial charge in [0.2, 0.25) is 0 Å². The summed E-state index contributed by atoms with van der Waals surface area (Å²) in [4.78, 5) is 4.10. The molecule has 1 aromatic heterocycles. The van der Waals surface area contributed by atoms with Gasteiger partial charge in [0.15, 0.2) is 0 Å². The molecule has 0 aliphatic heterocycles. The molecule has 94 valence electrons. The Morgan fingerprint density at radius 2 is 2.17 bits per heavy atom. The van der Waals surface area contributed by atoms with Crippen molar-refractivity contribution in [2.24, 2.45) is 5.73 Å². The van der Waals surface area contributed by atoms with Crippen LogP contribution < -0.4 is 10.5 Å². The molecule has 2 N–H and O–H groups in total. The fourth-order valence-electron chi connectivity index (χ4n) is 2.01. The minimum Gasteiger partial charge on any atom is -0.496 e. The van der Waals surface area contributed by atoms with Gasteiger partial charge in [-0.05, 0) is 36.6 Å². The molecule has 0 saturated heterocycles. The highest BCUT2D eigenvalue weighted by atomic mass is 16.5. The lowest BCUT2D eigenvalue weighted by molar-refractivity contribution is 0.405. The van der Waals surface area contributed by atoms with Gasteiger partial charge in [0.1, 0.15) is 5.75 Å². The first-order valence-electron chi connectivity index (χ1n) is 5.99. The van der Waals surface area contributed by atoms with Crippen molar-refractivity contribution in [3.63, 3.8) is 0 Å². The largest absolute Gasteiger partial charge is 0.496 e. The molecular formula is C15H18N2O. The van der Waals surface area contributed by atoms with Gasteiger partial charge >= 0.3 is 0 Å². The molecule has 1 aromatic carbocycles. The maximum absolute atomic E-state index is 6.25. The smallest absolute Gasteiger partial charge is 0.123 e. The Labute approximate surface area is 108 Å². The molecule has 1 heterocycles. The number of methoxy groups -OCH3 is 1. The number of rotatable bonds is 4. The molecule has 0 bridgehead atoms. The van der Waals surface area contributed by atoms with E-state index in [4.69, 9.17) is 10.5 Å². The summed E-state index contributed by atoms with van der Waals surface area (Å²) < 4.78 is 5.39. The summed E-state index contributed by atoms with van der Waals surface area (Å²) >= 11 is 0. The van der Waals surface area contributed by atoms with Crippen LogP contribution in [0.4, 0.5) is 0 Å². The van der Waals surface area contributed by atoms with Crippen molar-refractivity contribution in [2.45, 2.75) is 19.4 Å². The first-order chi connectivity index (χ1) is 8.70. The average molecular weight is 242 g/mol. The molecule has 0 aliphatic carbocycles. The first kappa shape index (κ1) is 12.6. The quantitative estimate of drug-likeness (QED) is 0.896. The summed E-state index contributed by atoms with van der Waals surface area (Å²) in [7, 11) is 1.68. The number of pyridine rings is 1.